The Balaban J connectivity index is 1.70. The lowest BCUT2D eigenvalue weighted by Gasteiger charge is -2.05. The number of rotatable bonds is 6. The van der Waals surface area contributed by atoms with Crippen LogP contribution in [0.4, 0.5) is 4.39 Å². The van der Waals surface area contributed by atoms with Gasteiger partial charge in [0.2, 0.25) is 10.0 Å². The van der Waals surface area contributed by atoms with E-state index in [1.807, 2.05) is 0 Å². The van der Waals surface area contributed by atoms with E-state index < -0.39 is 10.0 Å². The second kappa shape index (κ2) is 9.17. The van der Waals surface area contributed by atoms with Crippen LogP contribution in [0, 0.1) is 5.82 Å². The van der Waals surface area contributed by atoms with Crippen LogP contribution in [-0.2, 0) is 16.6 Å². The Morgan fingerprint density at radius 1 is 0.938 bits per heavy atom. The quantitative estimate of drug-likeness (QED) is 0.338. The summed E-state index contributed by atoms with van der Waals surface area (Å²) in [6.07, 6.45) is 0. The van der Waals surface area contributed by atoms with Gasteiger partial charge in [0.05, 0.1) is 15.5 Å². The number of nitrogens with two attached hydrogens (primary N) is 1. The maximum absolute atomic E-state index is 13.4. The van der Waals surface area contributed by atoms with Gasteiger partial charge in [0.1, 0.15) is 23.2 Å². The fraction of sp³-hybridized carbons (Fsp3) is 0.0455. The SMILES string of the molecule is NS(=O)(=O)c1ccc(-c2sc(COc3cc(Cl)cc(Cl)c3)nc2-c2ccc(F)cc2)cc1. The number of sulfonamides is 1. The van der Waals surface area contributed by atoms with Gasteiger partial charge in [-0.2, -0.15) is 0 Å². The number of primary sulfonamides is 1. The summed E-state index contributed by atoms with van der Waals surface area (Å²) in [5, 5.41) is 6.76. The molecule has 3 aromatic carbocycles. The number of aromatic nitrogens is 1. The van der Waals surface area contributed by atoms with E-state index in [4.69, 9.17) is 33.1 Å². The number of hydrogen-bond donors (Lipinski definition) is 1. The minimum absolute atomic E-state index is 0.00971. The Hall–Kier alpha value is -2.49. The first-order valence-electron chi connectivity index (χ1n) is 9.17. The van der Waals surface area contributed by atoms with E-state index in [-0.39, 0.29) is 17.3 Å². The molecule has 2 N–H and O–H groups in total. The summed E-state index contributed by atoms with van der Waals surface area (Å²) >= 11 is 13.4. The smallest absolute Gasteiger partial charge is 0.238 e. The highest BCUT2D eigenvalue weighted by molar-refractivity contribution is 7.89. The van der Waals surface area contributed by atoms with E-state index in [0.29, 0.717) is 32.1 Å². The second-order valence-electron chi connectivity index (χ2n) is 6.76. The van der Waals surface area contributed by atoms with Crippen molar-refractivity contribution >= 4 is 44.6 Å². The molecule has 0 fully saturated rings. The van der Waals surface area contributed by atoms with Gasteiger partial charge in [-0.05, 0) is 60.2 Å². The van der Waals surface area contributed by atoms with Crippen LogP contribution in [0.3, 0.4) is 0 Å². The number of thiazole rings is 1. The van der Waals surface area contributed by atoms with Crippen molar-refractivity contribution < 1.29 is 17.5 Å². The van der Waals surface area contributed by atoms with Crippen molar-refractivity contribution in [2.45, 2.75) is 11.5 Å². The summed E-state index contributed by atoms with van der Waals surface area (Å²) in [5.74, 6) is 0.143. The van der Waals surface area contributed by atoms with Crippen LogP contribution in [0.25, 0.3) is 21.7 Å². The van der Waals surface area contributed by atoms with Crippen LogP contribution in [0.1, 0.15) is 5.01 Å². The molecule has 0 aliphatic carbocycles. The van der Waals surface area contributed by atoms with Gasteiger partial charge in [-0.25, -0.2) is 22.9 Å². The average molecular weight is 509 g/mol. The molecular formula is C22H15Cl2FN2O3S2. The molecular weight excluding hydrogens is 494 g/mol. The van der Waals surface area contributed by atoms with Gasteiger partial charge >= 0.3 is 0 Å². The molecule has 1 heterocycles. The largest absolute Gasteiger partial charge is 0.486 e. The van der Waals surface area contributed by atoms with Crippen LogP contribution in [0.5, 0.6) is 5.75 Å². The third-order valence-corrected chi connectivity index (χ3v) is 6.88. The fourth-order valence-corrected chi connectivity index (χ4v) is 5.00. The molecule has 4 aromatic rings. The minimum atomic E-state index is -3.81. The normalized spacial score (nSPS) is 11.5. The Kier molecular flexibility index (Phi) is 6.50. The zero-order valence-corrected chi connectivity index (χ0v) is 19.4. The molecule has 5 nitrogen and oxygen atoms in total. The van der Waals surface area contributed by atoms with E-state index in [1.54, 1.807) is 42.5 Å². The maximum Gasteiger partial charge on any atom is 0.238 e. The van der Waals surface area contributed by atoms with Gasteiger partial charge in [-0.3, -0.25) is 0 Å². The van der Waals surface area contributed by atoms with Gasteiger partial charge < -0.3 is 4.74 Å². The first-order chi connectivity index (χ1) is 15.2. The summed E-state index contributed by atoms with van der Waals surface area (Å²) < 4.78 is 42.4. The van der Waals surface area contributed by atoms with Crippen LogP contribution in [0.2, 0.25) is 10.0 Å². The lowest BCUT2D eigenvalue weighted by Crippen LogP contribution is -2.11. The maximum atomic E-state index is 13.4. The van der Waals surface area contributed by atoms with Crippen LogP contribution < -0.4 is 9.88 Å². The molecule has 0 aliphatic heterocycles. The van der Waals surface area contributed by atoms with Gasteiger partial charge in [-0.15, -0.1) is 11.3 Å². The van der Waals surface area contributed by atoms with E-state index in [1.165, 1.54) is 35.6 Å². The first-order valence-corrected chi connectivity index (χ1v) is 12.3. The number of hydrogen-bond acceptors (Lipinski definition) is 5. The van der Waals surface area contributed by atoms with Crippen LogP contribution >= 0.6 is 34.5 Å². The predicted octanol–water partition coefficient (Wildman–Crippen LogP) is 6.15. The molecule has 32 heavy (non-hydrogen) atoms. The molecule has 0 radical (unpaired) electrons. The Bertz CT molecular complexity index is 1350. The van der Waals surface area contributed by atoms with Crippen LogP contribution in [0.15, 0.2) is 71.6 Å². The van der Waals surface area contributed by atoms with E-state index >= 15 is 0 Å². The number of nitrogens with zero attached hydrogens (tertiary/aromatic N) is 1. The summed E-state index contributed by atoms with van der Waals surface area (Å²) in [5.41, 5.74) is 2.08. The van der Waals surface area contributed by atoms with Crippen molar-refractivity contribution in [3.63, 3.8) is 0 Å². The zero-order valence-electron chi connectivity index (χ0n) is 16.3. The van der Waals surface area contributed by atoms with E-state index in [9.17, 15) is 12.8 Å². The molecule has 0 saturated heterocycles. The molecule has 0 bridgehead atoms. The lowest BCUT2D eigenvalue weighted by atomic mass is 10.1. The summed E-state index contributed by atoms with van der Waals surface area (Å²) in [6, 6.07) is 17.1. The number of benzene rings is 3. The number of halogens is 3. The van der Waals surface area contributed by atoms with Crippen molar-refractivity contribution in [3.05, 3.63) is 87.6 Å². The topological polar surface area (TPSA) is 82.3 Å². The van der Waals surface area contributed by atoms with E-state index in [2.05, 4.69) is 4.98 Å². The molecule has 0 atom stereocenters. The van der Waals surface area contributed by atoms with Crippen molar-refractivity contribution in [1.82, 2.24) is 4.98 Å². The minimum Gasteiger partial charge on any atom is -0.486 e. The van der Waals surface area contributed by atoms with Gasteiger partial charge in [0, 0.05) is 15.6 Å². The molecule has 0 aliphatic rings. The van der Waals surface area contributed by atoms with Gasteiger partial charge in [0.25, 0.3) is 0 Å². The Morgan fingerprint density at radius 3 is 2.12 bits per heavy atom. The monoisotopic (exact) mass is 508 g/mol. The lowest BCUT2D eigenvalue weighted by molar-refractivity contribution is 0.305. The molecule has 4 rings (SSSR count). The first kappa shape index (κ1) is 22.7. The highest BCUT2D eigenvalue weighted by atomic mass is 35.5. The standard InChI is InChI=1S/C22H15Cl2FN2O3S2/c23-15-9-16(24)11-18(10-15)30-12-20-27-21(13-1-5-17(25)6-2-13)22(31-20)14-3-7-19(8-4-14)32(26,28)29/h1-11H,12H2,(H2,26,28,29). The van der Waals surface area contributed by atoms with Gasteiger partial charge in [-0.1, -0.05) is 35.3 Å². The Morgan fingerprint density at radius 2 is 1.53 bits per heavy atom. The molecule has 10 heteroatoms. The summed E-state index contributed by atoms with van der Waals surface area (Å²) in [4.78, 5) is 5.47. The Labute approximate surface area is 198 Å². The highest BCUT2D eigenvalue weighted by Gasteiger charge is 2.17. The van der Waals surface area contributed by atoms with Gasteiger partial charge in [0.15, 0.2) is 0 Å². The summed E-state index contributed by atoms with van der Waals surface area (Å²) in [6.45, 7) is 0.158. The van der Waals surface area contributed by atoms with Crippen molar-refractivity contribution in [1.29, 1.82) is 0 Å². The number of ether oxygens (including phenoxy) is 1. The average Bonchev–Trinajstić information content (AvgIpc) is 3.16. The highest BCUT2D eigenvalue weighted by Crippen LogP contribution is 2.38. The third kappa shape index (κ3) is 5.28. The molecule has 1 aromatic heterocycles. The molecule has 164 valence electrons. The van der Waals surface area contributed by atoms with E-state index in [0.717, 1.165) is 10.4 Å². The fourth-order valence-electron chi connectivity index (χ4n) is 2.98. The zero-order chi connectivity index (χ0) is 22.9. The van der Waals surface area contributed by atoms with Crippen molar-refractivity contribution in [2.24, 2.45) is 5.14 Å². The van der Waals surface area contributed by atoms with Crippen LogP contribution in [-0.4, -0.2) is 13.4 Å². The third-order valence-electron chi connectivity index (χ3n) is 4.43. The molecule has 0 saturated carbocycles. The molecule has 0 amide bonds. The van der Waals surface area contributed by atoms with Crippen molar-refractivity contribution in [3.8, 4) is 27.4 Å². The second-order valence-corrected chi connectivity index (χ2v) is 10.3. The summed E-state index contributed by atoms with van der Waals surface area (Å²) in [7, 11) is -3.81. The van der Waals surface area contributed by atoms with Crippen molar-refractivity contribution in [2.75, 3.05) is 0 Å². The predicted molar refractivity (Wildman–Crippen MR) is 125 cm³/mol. The molecule has 0 unspecified atom stereocenters. The molecule has 0 spiro atoms.